The number of aryl methyl sites for hydroxylation is 1. The second kappa shape index (κ2) is 12.2. The Kier molecular flexibility index (Phi) is 8.13. The van der Waals surface area contributed by atoms with Crippen LogP contribution in [0, 0.1) is 18.3 Å². The van der Waals surface area contributed by atoms with Crippen molar-refractivity contribution in [2.45, 2.75) is 13.5 Å². The van der Waals surface area contributed by atoms with E-state index in [1.165, 1.54) is 6.33 Å². The van der Waals surface area contributed by atoms with Crippen LogP contribution in [0.1, 0.15) is 16.7 Å². The van der Waals surface area contributed by atoms with E-state index in [1.54, 1.807) is 12.1 Å². The topological polar surface area (TPSA) is 108 Å². The molecule has 0 saturated heterocycles. The third kappa shape index (κ3) is 6.29. The molecule has 194 valence electrons. The van der Waals surface area contributed by atoms with Crippen LogP contribution in [0.15, 0.2) is 60.9 Å². The molecule has 9 heteroatoms. The lowest BCUT2D eigenvalue weighted by Crippen LogP contribution is -2.15. The zero-order chi connectivity index (χ0) is 26.2. The summed E-state index contributed by atoms with van der Waals surface area (Å²) in [5.41, 5.74) is 4.00. The van der Waals surface area contributed by atoms with Crippen molar-refractivity contribution in [1.82, 2.24) is 9.97 Å². The van der Waals surface area contributed by atoms with Gasteiger partial charge >= 0.3 is 0 Å². The van der Waals surface area contributed by atoms with Crippen LogP contribution in [0.2, 0.25) is 0 Å². The van der Waals surface area contributed by atoms with E-state index < -0.39 is 0 Å². The van der Waals surface area contributed by atoms with Crippen LogP contribution in [-0.4, -0.2) is 49.6 Å². The summed E-state index contributed by atoms with van der Waals surface area (Å²) in [6.45, 7) is 5.08. The standard InChI is InChI=1S/C29H28N4O5/c1-20-3-2-4-21(13-20)18-38-26-6-5-23(14-22(26)17-30)33-29-24-15-27-28(16-25(24)31-19-32-29)37-12-10-35-8-7-34-9-11-36-27/h2-6,13-16,19H,7-12,18H2,1H3,(H,31,32,33). The molecule has 1 aliphatic heterocycles. The van der Waals surface area contributed by atoms with Gasteiger partial charge in [-0.15, -0.1) is 0 Å². The highest BCUT2D eigenvalue weighted by molar-refractivity contribution is 5.93. The minimum atomic E-state index is 0.369. The number of nitriles is 1. The van der Waals surface area contributed by atoms with Crippen LogP contribution >= 0.6 is 0 Å². The number of nitrogens with one attached hydrogen (secondary N) is 1. The largest absolute Gasteiger partial charge is 0.488 e. The smallest absolute Gasteiger partial charge is 0.163 e. The van der Waals surface area contributed by atoms with Gasteiger partial charge in [0.1, 0.15) is 43.8 Å². The zero-order valence-corrected chi connectivity index (χ0v) is 21.1. The highest BCUT2D eigenvalue weighted by Gasteiger charge is 2.14. The summed E-state index contributed by atoms with van der Waals surface area (Å²) in [7, 11) is 0. The van der Waals surface area contributed by atoms with Crippen LogP contribution in [0.5, 0.6) is 17.2 Å². The minimum absolute atomic E-state index is 0.369. The lowest BCUT2D eigenvalue weighted by atomic mass is 10.1. The quantitative estimate of drug-likeness (QED) is 0.398. The highest BCUT2D eigenvalue weighted by Crippen LogP contribution is 2.35. The predicted molar refractivity (Wildman–Crippen MR) is 142 cm³/mol. The van der Waals surface area contributed by atoms with Crippen molar-refractivity contribution in [1.29, 1.82) is 5.26 Å². The van der Waals surface area contributed by atoms with Gasteiger partial charge in [-0.3, -0.25) is 0 Å². The Bertz CT molecular complexity index is 1450. The number of hydrogen-bond donors (Lipinski definition) is 1. The highest BCUT2D eigenvalue weighted by atomic mass is 16.6. The van der Waals surface area contributed by atoms with E-state index in [0.717, 1.165) is 16.5 Å². The second-order valence-electron chi connectivity index (χ2n) is 8.69. The molecule has 3 aromatic carbocycles. The molecule has 4 aromatic rings. The fourth-order valence-corrected chi connectivity index (χ4v) is 4.05. The lowest BCUT2D eigenvalue weighted by molar-refractivity contribution is 0.0224. The number of ether oxygens (including phenoxy) is 5. The zero-order valence-electron chi connectivity index (χ0n) is 21.1. The van der Waals surface area contributed by atoms with Crippen LogP contribution in [0.4, 0.5) is 11.5 Å². The number of nitrogens with zero attached hydrogens (tertiary/aromatic N) is 3. The number of anilines is 2. The van der Waals surface area contributed by atoms with E-state index in [-0.39, 0.29) is 0 Å². The van der Waals surface area contributed by atoms with Gasteiger partial charge in [-0.25, -0.2) is 9.97 Å². The predicted octanol–water partition coefficient (Wildman–Crippen LogP) is 4.94. The summed E-state index contributed by atoms with van der Waals surface area (Å²) in [6.07, 6.45) is 1.48. The maximum Gasteiger partial charge on any atom is 0.163 e. The molecule has 38 heavy (non-hydrogen) atoms. The van der Waals surface area contributed by atoms with Crippen molar-refractivity contribution in [2.24, 2.45) is 0 Å². The van der Waals surface area contributed by atoms with E-state index in [0.29, 0.717) is 86.1 Å². The monoisotopic (exact) mass is 512 g/mol. The molecule has 5 rings (SSSR count). The molecule has 0 bridgehead atoms. The molecule has 0 saturated carbocycles. The minimum Gasteiger partial charge on any atom is -0.488 e. The van der Waals surface area contributed by atoms with Gasteiger partial charge in [0.15, 0.2) is 11.5 Å². The molecule has 0 fully saturated rings. The van der Waals surface area contributed by atoms with Gasteiger partial charge in [-0.2, -0.15) is 5.26 Å². The Hall–Kier alpha value is -4.39. The number of benzene rings is 3. The summed E-state index contributed by atoms with van der Waals surface area (Å²) >= 11 is 0. The van der Waals surface area contributed by atoms with Crippen molar-refractivity contribution in [2.75, 3.05) is 45.0 Å². The Morgan fingerprint density at radius 3 is 2.42 bits per heavy atom. The van der Waals surface area contributed by atoms with Crippen molar-refractivity contribution in [3.8, 4) is 23.3 Å². The normalized spacial score (nSPS) is 14.1. The summed E-state index contributed by atoms with van der Waals surface area (Å²) in [5, 5.41) is 13.8. The molecule has 0 atom stereocenters. The Morgan fingerprint density at radius 2 is 1.66 bits per heavy atom. The maximum absolute atomic E-state index is 9.75. The first-order valence-electron chi connectivity index (χ1n) is 12.4. The average Bonchev–Trinajstić information content (AvgIpc) is 2.92. The van der Waals surface area contributed by atoms with E-state index in [2.05, 4.69) is 27.4 Å². The molecule has 0 unspecified atom stereocenters. The van der Waals surface area contributed by atoms with Crippen LogP contribution in [-0.2, 0) is 16.1 Å². The van der Waals surface area contributed by atoms with Gasteiger partial charge in [-0.05, 0) is 36.8 Å². The van der Waals surface area contributed by atoms with Crippen LogP contribution in [0.3, 0.4) is 0 Å². The van der Waals surface area contributed by atoms with Gasteiger partial charge in [-0.1, -0.05) is 29.8 Å². The molecule has 1 aromatic heterocycles. The third-order valence-electron chi connectivity index (χ3n) is 5.88. The van der Waals surface area contributed by atoms with Crippen LogP contribution in [0.25, 0.3) is 10.9 Å². The summed E-state index contributed by atoms with van der Waals surface area (Å²) in [4.78, 5) is 8.85. The van der Waals surface area contributed by atoms with Crippen LogP contribution < -0.4 is 19.5 Å². The number of hydrogen-bond acceptors (Lipinski definition) is 9. The lowest BCUT2D eigenvalue weighted by Gasteiger charge is -2.17. The summed E-state index contributed by atoms with van der Waals surface area (Å²) in [6, 6.07) is 19.4. The number of fused-ring (bicyclic) bond motifs is 2. The van der Waals surface area contributed by atoms with Gasteiger partial charge in [0.2, 0.25) is 0 Å². The van der Waals surface area contributed by atoms with Crippen molar-refractivity contribution in [3.05, 3.63) is 77.6 Å². The van der Waals surface area contributed by atoms with Crippen molar-refractivity contribution < 1.29 is 23.7 Å². The molecule has 0 radical (unpaired) electrons. The molecule has 0 aliphatic carbocycles. The molecule has 9 nitrogen and oxygen atoms in total. The Morgan fingerprint density at radius 1 is 0.895 bits per heavy atom. The first-order chi connectivity index (χ1) is 18.7. The van der Waals surface area contributed by atoms with E-state index in [4.69, 9.17) is 23.7 Å². The Labute approximate surface area is 220 Å². The summed E-state index contributed by atoms with van der Waals surface area (Å²) in [5.74, 6) is 2.23. The number of rotatable bonds is 5. The van der Waals surface area contributed by atoms with E-state index in [1.807, 2.05) is 43.3 Å². The van der Waals surface area contributed by atoms with Gasteiger partial charge in [0.25, 0.3) is 0 Å². The van der Waals surface area contributed by atoms with Gasteiger partial charge in [0, 0.05) is 17.1 Å². The van der Waals surface area contributed by atoms with Crippen molar-refractivity contribution >= 4 is 22.4 Å². The number of aromatic nitrogens is 2. The molecule has 0 spiro atoms. The van der Waals surface area contributed by atoms with Gasteiger partial charge < -0.3 is 29.0 Å². The molecule has 0 amide bonds. The first-order valence-corrected chi connectivity index (χ1v) is 12.4. The Balaban J connectivity index is 1.37. The first kappa shape index (κ1) is 25.3. The fraction of sp³-hybridized carbons (Fsp3) is 0.276. The molecular weight excluding hydrogens is 484 g/mol. The average molecular weight is 513 g/mol. The van der Waals surface area contributed by atoms with Crippen molar-refractivity contribution in [3.63, 3.8) is 0 Å². The van der Waals surface area contributed by atoms with E-state index >= 15 is 0 Å². The summed E-state index contributed by atoms with van der Waals surface area (Å²) < 4.78 is 28.8. The second-order valence-corrected chi connectivity index (χ2v) is 8.69. The van der Waals surface area contributed by atoms with Gasteiger partial charge in [0.05, 0.1) is 37.5 Å². The molecule has 2 heterocycles. The molecule has 1 aliphatic rings. The molecule has 1 N–H and O–H groups in total. The third-order valence-corrected chi connectivity index (χ3v) is 5.88. The van der Waals surface area contributed by atoms with E-state index in [9.17, 15) is 5.26 Å². The SMILES string of the molecule is Cc1cccc(COc2ccc(Nc3ncnc4cc5c(cc34)OCCOCCOCCO5)cc2C#N)c1. The molecular formula is C29H28N4O5. The maximum atomic E-state index is 9.75. The fourth-order valence-electron chi connectivity index (χ4n) is 4.05.